The van der Waals surface area contributed by atoms with E-state index >= 15 is 0 Å². The van der Waals surface area contributed by atoms with Crippen molar-refractivity contribution in [3.63, 3.8) is 0 Å². The van der Waals surface area contributed by atoms with Crippen molar-refractivity contribution in [2.24, 2.45) is 5.73 Å². The molecule has 0 spiro atoms. The van der Waals surface area contributed by atoms with Gasteiger partial charge in [-0.3, -0.25) is 4.68 Å². The van der Waals surface area contributed by atoms with Crippen molar-refractivity contribution in [2.45, 2.75) is 57.2 Å². The molecule has 0 saturated heterocycles. The van der Waals surface area contributed by atoms with Crippen molar-refractivity contribution in [2.75, 3.05) is 0 Å². The number of nitrogens with zero attached hydrogens (tertiary/aromatic N) is 2. The quantitative estimate of drug-likeness (QED) is 0.810. The Bertz CT molecular complexity index is 361. The van der Waals surface area contributed by atoms with Crippen LogP contribution < -0.4 is 5.73 Å². The molecule has 2 rings (SSSR count). The Morgan fingerprint density at radius 1 is 1.69 bits per heavy atom. The Balaban J connectivity index is 2.03. The monoisotopic (exact) mass is 223 g/mol. The molecule has 1 aliphatic rings. The van der Waals surface area contributed by atoms with E-state index in [0.717, 1.165) is 18.5 Å². The largest absolute Gasteiger partial charge is 0.389 e. The highest BCUT2D eigenvalue weighted by Gasteiger charge is 2.36. The number of hydrogen-bond donors (Lipinski definition) is 2. The molecule has 0 amide bonds. The smallest absolute Gasteiger partial charge is 0.0719 e. The Labute approximate surface area is 96.5 Å². The number of aliphatic hydroxyl groups is 1. The fourth-order valence-electron chi connectivity index (χ4n) is 2.40. The maximum Gasteiger partial charge on any atom is 0.0719 e. The van der Waals surface area contributed by atoms with E-state index in [2.05, 4.69) is 18.9 Å². The molecular formula is C12H21N3O. The highest BCUT2D eigenvalue weighted by atomic mass is 16.3. The van der Waals surface area contributed by atoms with Crippen molar-refractivity contribution in [3.05, 3.63) is 18.0 Å². The molecule has 1 heterocycles. The van der Waals surface area contributed by atoms with Gasteiger partial charge in [0.1, 0.15) is 0 Å². The Kier molecular flexibility index (Phi) is 3.04. The number of aromatic nitrogens is 2. The van der Waals surface area contributed by atoms with Crippen LogP contribution >= 0.6 is 0 Å². The molecule has 0 bridgehead atoms. The first-order valence-corrected chi connectivity index (χ1v) is 6.00. The molecule has 2 unspecified atom stereocenters. The lowest BCUT2D eigenvalue weighted by atomic mass is 9.96. The standard InChI is InChI=1S/C12H21N3O/c1-9(2)15-6-4-11(14-15)8-12(16)5-3-10(13)7-12/h4,6,9-10,16H,3,5,7-8,13H2,1-2H3. The number of hydrogen-bond acceptors (Lipinski definition) is 3. The van der Waals surface area contributed by atoms with Crippen molar-refractivity contribution in [1.82, 2.24) is 9.78 Å². The normalized spacial score (nSPS) is 30.2. The van der Waals surface area contributed by atoms with E-state index in [4.69, 9.17) is 5.73 Å². The Morgan fingerprint density at radius 2 is 2.44 bits per heavy atom. The van der Waals surface area contributed by atoms with Gasteiger partial charge in [0.15, 0.2) is 0 Å². The van der Waals surface area contributed by atoms with Crippen molar-refractivity contribution < 1.29 is 5.11 Å². The molecule has 90 valence electrons. The van der Waals surface area contributed by atoms with Gasteiger partial charge in [-0.15, -0.1) is 0 Å². The Morgan fingerprint density at radius 3 is 2.94 bits per heavy atom. The van der Waals surface area contributed by atoms with E-state index in [1.165, 1.54) is 0 Å². The lowest BCUT2D eigenvalue weighted by Gasteiger charge is -2.21. The molecule has 3 N–H and O–H groups in total. The highest BCUT2D eigenvalue weighted by Crippen LogP contribution is 2.31. The van der Waals surface area contributed by atoms with Crippen molar-refractivity contribution in [1.29, 1.82) is 0 Å². The summed E-state index contributed by atoms with van der Waals surface area (Å²) in [4.78, 5) is 0. The van der Waals surface area contributed by atoms with Gasteiger partial charge >= 0.3 is 0 Å². The molecule has 1 aromatic rings. The molecule has 1 saturated carbocycles. The molecule has 1 aromatic heterocycles. The lowest BCUT2D eigenvalue weighted by molar-refractivity contribution is 0.0457. The zero-order valence-corrected chi connectivity index (χ0v) is 10.1. The molecule has 16 heavy (non-hydrogen) atoms. The van der Waals surface area contributed by atoms with Crippen LogP contribution in [0.2, 0.25) is 0 Å². The minimum atomic E-state index is -0.629. The molecule has 2 atom stereocenters. The van der Waals surface area contributed by atoms with E-state index < -0.39 is 5.60 Å². The molecule has 0 aromatic carbocycles. The second kappa shape index (κ2) is 4.18. The minimum Gasteiger partial charge on any atom is -0.389 e. The number of rotatable bonds is 3. The molecule has 1 aliphatic carbocycles. The fraction of sp³-hybridized carbons (Fsp3) is 0.750. The highest BCUT2D eigenvalue weighted by molar-refractivity contribution is 5.07. The van der Waals surface area contributed by atoms with Gasteiger partial charge in [0.2, 0.25) is 0 Å². The van der Waals surface area contributed by atoms with Crippen LogP contribution in [0.1, 0.15) is 44.8 Å². The van der Waals surface area contributed by atoms with Crippen LogP contribution in [-0.4, -0.2) is 26.5 Å². The molecule has 0 radical (unpaired) electrons. The van der Waals surface area contributed by atoms with Crippen LogP contribution in [0.5, 0.6) is 0 Å². The first-order chi connectivity index (χ1) is 7.48. The van der Waals surface area contributed by atoms with Gasteiger partial charge in [-0.2, -0.15) is 5.10 Å². The SMILES string of the molecule is CC(C)n1ccc(CC2(O)CCC(N)C2)n1. The molecule has 4 nitrogen and oxygen atoms in total. The second-order valence-electron chi connectivity index (χ2n) is 5.28. The van der Waals surface area contributed by atoms with Crippen molar-refractivity contribution in [3.8, 4) is 0 Å². The van der Waals surface area contributed by atoms with Gasteiger partial charge in [-0.05, 0) is 39.2 Å². The third-order valence-corrected chi connectivity index (χ3v) is 3.33. The third kappa shape index (κ3) is 2.44. The first-order valence-electron chi connectivity index (χ1n) is 6.00. The van der Waals surface area contributed by atoms with E-state index in [1.54, 1.807) is 0 Å². The molecule has 0 aliphatic heterocycles. The van der Waals surface area contributed by atoms with E-state index in [0.29, 0.717) is 18.9 Å². The zero-order chi connectivity index (χ0) is 11.8. The van der Waals surface area contributed by atoms with Gasteiger partial charge in [0.05, 0.1) is 11.3 Å². The summed E-state index contributed by atoms with van der Waals surface area (Å²) in [6.45, 7) is 4.19. The second-order valence-corrected chi connectivity index (χ2v) is 5.28. The van der Waals surface area contributed by atoms with Crippen LogP contribution in [0.4, 0.5) is 0 Å². The summed E-state index contributed by atoms with van der Waals surface area (Å²) in [5, 5.41) is 14.8. The molecule has 4 heteroatoms. The van der Waals surface area contributed by atoms with Gasteiger partial charge < -0.3 is 10.8 Å². The average Bonchev–Trinajstić information content (AvgIpc) is 2.74. The zero-order valence-electron chi connectivity index (χ0n) is 10.1. The maximum absolute atomic E-state index is 10.3. The van der Waals surface area contributed by atoms with Gasteiger partial charge in [-0.25, -0.2) is 0 Å². The average molecular weight is 223 g/mol. The summed E-state index contributed by atoms with van der Waals surface area (Å²) in [6, 6.07) is 2.51. The summed E-state index contributed by atoms with van der Waals surface area (Å²) >= 11 is 0. The van der Waals surface area contributed by atoms with E-state index in [-0.39, 0.29) is 6.04 Å². The van der Waals surface area contributed by atoms with Gasteiger partial charge in [0.25, 0.3) is 0 Å². The fourth-order valence-corrected chi connectivity index (χ4v) is 2.40. The van der Waals surface area contributed by atoms with Gasteiger partial charge in [0, 0.05) is 24.7 Å². The summed E-state index contributed by atoms with van der Waals surface area (Å²) in [7, 11) is 0. The van der Waals surface area contributed by atoms with Crippen LogP contribution in [0, 0.1) is 0 Å². The first kappa shape index (κ1) is 11.6. The van der Waals surface area contributed by atoms with Crippen LogP contribution in [0.15, 0.2) is 12.3 Å². The minimum absolute atomic E-state index is 0.150. The Hall–Kier alpha value is -0.870. The number of nitrogens with two attached hydrogens (primary N) is 1. The summed E-state index contributed by atoms with van der Waals surface area (Å²) < 4.78 is 1.92. The predicted octanol–water partition coefficient (Wildman–Crippen LogP) is 1.25. The van der Waals surface area contributed by atoms with Crippen LogP contribution in [0.3, 0.4) is 0 Å². The van der Waals surface area contributed by atoms with Crippen LogP contribution in [0.25, 0.3) is 0 Å². The van der Waals surface area contributed by atoms with Crippen molar-refractivity contribution >= 4 is 0 Å². The summed E-state index contributed by atoms with van der Waals surface area (Å²) in [5.74, 6) is 0. The lowest BCUT2D eigenvalue weighted by Crippen LogP contribution is -2.30. The topological polar surface area (TPSA) is 64.1 Å². The maximum atomic E-state index is 10.3. The van der Waals surface area contributed by atoms with Crippen LogP contribution in [-0.2, 0) is 6.42 Å². The van der Waals surface area contributed by atoms with E-state index in [9.17, 15) is 5.11 Å². The van der Waals surface area contributed by atoms with Gasteiger partial charge in [-0.1, -0.05) is 0 Å². The summed E-state index contributed by atoms with van der Waals surface area (Å²) in [5.41, 5.74) is 6.17. The molecular weight excluding hydrogens is 202 g/mol. The third-order valence-electron chi connectivity index (χ3n) is 3.33. The summed E-state index contributed by atoms with van der Waals surface area (Å²) in [6.07, 6.45) is 5.00. The molecule has 1 fully saturated rings. The van der Waals surface area contributed by atoms with E-state index in [1.807, 2.05) is 16.9 Å². The predicted molar refractivity (Wildman–Crippen MR) is 63.1 cm³/mol.